The van der Waals surface area contributed by atoms with Crippen molar-refractivity contribution in [3.8, 4) is 22.8 Å². The van der Waals surface area contributed by atoms with E-state index >= 15 is 0 Å². The Morgan fingerprint density at radius 1 is 0.682 bits per heavy atom. The molecule has 0 aliphatic rings. The van der Waals surface area contributed by atoms with Crippen LogP contribution in [-0.2, 0) is 0 Å². The molecule has 22 heavy (non-hydrogen) atoms. The number of aldehydes is 2. The van der Waals surface area contributed by atoms with Crippen molar-refractivity contribution in [2.75, 3.05) is 0 Å². The molecule has 0 aliphatic heterocycles. The second kappa shape index (κ2) is 5.92. The Kier molecular flexibility index (Phi) is 3.65. The second-order valence-corrected chi connectivity index (χ2v) is 4.22. The first kappa shape index (κ1) is 13.6. The average molecular weight is 292 g/mol. The van der Waals surface area contributed by atoms with Gasteiger partial charge in [-0.1, -0.05) is 0 Å². The topological polar surface area (TPSA) is 111 Å². The third-order valence-corrected chi connectivity index (χ3v) is 2.80. The van der Waals surface area contributed by atoms with Crippen molar-refractivity contribution in [2.24, 2.45) is 0 Å². The van der Waals surface area contributed by atoms with Gasteiger partial charge in [-0.05, 0) is 24.3 Å². The van der Waals surface area contributed by atoms with E-state index in [1.807, 2.05) is 0 Å². The number of aromatic nitrogens is 6. The number of nitrogens with zero attached hydrogens (tertiary/aromatic N) is 6. The average Bonchev–Trinajstić information content (AvgIpc) is 2.62. The molecule has 0 aliphatic carbocycles. The predicted molar refractivity (Wildman–Crippen MR) is 74.9 cm³/mol. The van der Waals surface area contributed by atoms with E-state index in [2.05, 4.69) is 30.4 Å². The normalized spacial score (nSPS) is 10.2. The number of pyridine rings is 2. The van der Waals surface area contributed by atoms with Crippen LogP contribution in [-0.4, -0.2) is 42.9 Å². The van der Waals surface area contributed by atoms with Gasteiger partial charge < -0.3 is 0 Å². The Morgan fingerprint density at radius 3 is 1.45 bits per heavy atom. The first-order valence-corrected chi connectivity index (χ1v) is 6.21. The summed E-state index contributed by atoms with van der Waals surface area (Å²) in [4.78, 5) is 29.2. The Balaban J connectivity index is 1.95. The first-order valence-electron chi connectivity index (χ1n) is 6.21. The van der Waals surface area contributed by atoms with Crippen molar-refractivity contribution in [2.45, 2.75) is 0 Å². The van der Waals surface area contributed by atoms with Crippen LogP contribution in [0, 0.1) is 0 Å². The van der Waals surface area contributed by atoms with E-state index in [0.29, 0.717) is 23.7 Å². The lowest BCUT2D eigenvalue weighted by molar-refractivity contribution is 0.111. The minimum atomic E-state index is 0.273. The maximum atomic E-state index is 10.7. The summed E-state index contributed by atoms with van der Waals surface area (Å²) in [5.74, 6) is 0.554. The fraction of sp³-hybridized carbons (Fsp3) is 0. The summed E-state index contributed by atoms with van der Waals surface area (Å²) in [6.07, 6.45) is 4.23. The highest BCUT2D eigenvalue weighted by Crippen LogP contribution is 2.16. The molecule has 0 amide bonds. The molecule has 0 fully saturated rings. The smallest absolute Gasteiger partial charge is 0.203 e. The molecular formula is C14H8N6O2. The zero-order valence-electron chi connectivity index (χ0n) is 11.1. The van der Waals surface area contributed by atoms with Crippen LogP contribution in [0.4, 0.5) is 0 Å². The molecule has 0 N–H and O–H groups in total. The van der Waals surface area contributed by atoms with Gasteiger partial charge in [0.15, 0.2) is 12.6 Å². The van der Waals surface area contributed by atoms with E-state index in [9.17, 15) is 9.59 Å². The molecule has 0 bridgehead atoms. The monoisotopic (exact) mass is 292 g/mol. The Hall–Kier alpha value is -3.42. The summed E-state index contributed by atoms with van der Waals surface area (Å²) in [5.41, 5.74) is 1.73. The molecule has 0 unspecified atom stereocenters. The summed E-state index contributed by atoms with van der Waals surface area (Å²) < 4.78 is 0. The van der Waals surface area contributed by atoms with E-state index in [4.69, 9.17) is 0 Å². The Bertz CT molecular complexity index is 764. The molecule has 0 saturated carbocycles. The molecule has 3 rings (SSSR count). The van der Waals surface area contributed by atoms with Crippen LogP contribution < -0.4 is 0 Å². The van der Waals surface area contributed by atoms with Gasteiger partial charge in [-0.15, -0.1) is 20.4 Å². The van der Waals surface area contributed by atoms with Crippen LogP contribution in [0.3, 0.4) is 0 Å². The van der Waals surface area contributed by atoms with Gasteiger partial charge in [-0.2, -0.15) is 0 Å². The predicted octanol–water partition coefficient (Wildman–Crippen LogP) is 1.02. The maximum absolute atomic E-state index is 10.7. The van der Waals surface area contributed by atoms with E-state index in [-0.39, 0.29) is 23.0 Å². The summed E-state index contributed by atoms with van der Waals surface area (Å²) >= 11 is 0. The molecule has 3 aromatic heterocycles. The zero-order chi connectivity index (χ0) is 15.4. The SMILES string of the molecule is O=Cc1cc(-c2nnc(-c3ccnc(C=O)c3)nn2)ccn1. The fourth-order valence-electron chi connectivity index (χ4n) is 1.76. The van der Waals surface area contributed by atoms with Crippen molar-refractivity contribution in [3.63, 3.8) is 0 Å². The van der Waals surface area contributed by atoms with Crippen molar-refractivity contribution in [3.05, 3.63) is 48.0 Å². The van der Waals surface area contributed by atoms with Gasteiger partial charge in [0.2, 0.25) is 11.6 Å². The quantitative estimate of drug-likeness (QED) is 0.655. The number of carbonyl (C=O) groups excluding carboxylic acids is 2. The van der Waals surface area contributed by atoms with E-state index < -0.39 is 0 Å². The standard InChI is InChI=1S/C14H8N6O2/c21-7-11-5-9(1-3-15-11)13-17-19-14(20-18-13)10-2-4-16-12(6-10)8-22/h1-8H. The van der Waals surface area contributed by atoms with Gasteiger partial charge in [0.1, 0.15) is 11.4 Å². The van der Waals surface area contributed by atoms with Crippen LogP contribution in [0.25, 0.3) is 22.8 Å². The van der Waals surface area contributed by atoms with E-state index in [1.54, 1.807) is 24.3 Å². The van der Waals surface area contributed by atoms with Gasteiger partial charge in [0, 0.05) is 23.5 Å². The van der Waals surface area contributed by atoms with Gasteiger partial charge in [0.25, 0.3) is 0 Å². The molecule has 8 nitrogen and oxygen atoms in total. The molecule has 0 spiro atoms. The molecule has 0 aromatic carbocycles. The largest absolute Gasteiger partial charge is 0.296 e. The molecule has 0 radical (unpaired) electrons. The third-order valence-electron chi connectivity index (χ3n) is 2.80. The molecular weight excluding hydrogens is 284 g/mol. The van der Waals surface area contributed by atoms with Crippen LogP contribution in [0.2, 0.25) is 0 Å². The summed E-state index contributed by atoms with van der Waals surface area (Å²) in [6, 6.07) is 6.40. The van der Waals surface area contributed by atoms with Crippen LogP contribution in [0.5, 0.6) is 0 Å². The molecule has 3 aromatic rings. The highest BCUT2D eigenvalue weighted by Gasteiger charge is 2.08. The van der Waals surface area contributed by atoms with Crippen molar-refractivity contribution >= 4 is 12.6 Å². The van der Waals surface area contributed by atoms with Crippen molar-refractivity contribution < 1.29 is 9.59 Å². The number of rotatable bonds is 4. The lowest BCUT2D eigenvalue weighted by Gasteiger charge is -2.01. The van der Waals surface area contributed by atoms with Gasteiger partial charge in [0.05, 0.1) is 0 Å². The van der Waals surface area contributed by atoms with Crippen LogP contribution >= 0.6 is 0 Å². The minimum absolute atomic E-state index is 0.273. The summed E-state index contributed by atoms with van der Waals surface area (Å²) in [5, 5.41) is 15.9. The lowest BCUT2D eigenvalue weighted by atomic mass is 10.2. The maximum Gasteiger partial charge on any atom is 0.203 e. The molecule has 0 atom stereocenters. The van der Waals surface area contributed by atoms with Gasteiger partial charge >= 0.3 is 0 Å². The van der Waals surface area contributed by atoms with Crippen molar-refractivity contribution in [1.82, 2.24) is 30.4 Å². The van der Waals surface area contributed by atoms with Crippen LogP contribution in [0.1, 0.15) is 21.0 Å². The fourth-order valence-corrected chi connectivity index (χ4v) is 1.76. The summed E-state index contributed by atoms with van der Waals surface area (Å²) in [6.45, 7) is 0. The summed E-state index contributed by atoms with van der Waals surface area (Å²) in [7, 11) is 0. The highest BCUT2D eigenvalue weighted by molar-refractivity contribution is 5.75. The Morgan fingerprint density at radius 2 is 1.09 bits per heavy atom. The Labute approximate surface area is 124 Å². The minimum Gasteiger partial charge on any atom is -0.296 e. The second-order valence-electron chi connectivity index (χ2n) is 4.22. The number of hydrogen-bond donors (Lipinski definition) is 0. The number of carbonyl (C=O) groups is 2. The van der Waals surface area contributed by atoms with Gasteiger partial charge in [-0.3, -0.25) is 19.6 Å². The first-order chi connectivity index (χ1) is 10.8. The van der Waals surface area contributed by atoms with Gasteiger partial charge in [-0.25, -0.2) is 0 Å². The molecule has 8 heteroatoms. The van der Waals surface area contributed by atoms with E-state index in [1.165, 1.54) is 12.4 Å². The third kappa shape index (κ3) is 2.70. The van der Waals surface area contributed by atoms with Crippen LogP contribution in [0.15, 0.2) is 36.7 Å². The van der Waals surface area contributed by atoms with E-state index in [0.717, 1.165) is 0 Å². The molecule has 106 valence electrons. The zero-order valence-corrected chi connectivity index (χ0v) is 11.1. The molecule has 0 saturated heterocycles. The lowest BCUT2D eigenvalue weighted by Crippen LogP contribution is -2.00. The number of hydrogen-bond acceptors (Lipinski definition) is 8. The molecule has 3 heterocycles. The highest BCUT2D eigenvalue weighted by atomic mass is 16.1. The van der Waals surface area contributed by atoms with Crippen molar-refractivity contribution in [1.29, 1.82) is 0 Å².